The second kappa shape index (κ2) is 7.35. The molecule has 1 saturated heterocycles. The molecule has 1 aromatic heterocycles. The second-order valence-corrected chi connectivity index (χ2v) is 7.97. The summed E-state index contributed by atoms with van der Waals surface area (Å²) < 4.78 is 30.3. The molecular formula is C13H20N2O4S2. The number of nitrogens with one attached hydrogen (secondary N) is 1. The molecule has 0 radical (unpaired) electrons. The first-order valence-electron chi connectivity index (χ1n) is 6.84. The molecule has 0 unspecified atom stereocenters. The van der Waals surface area contributed by atoms with Crippen LogP contribution in [0.15, 0.2) is 17.5 Å². The highest BCUT2D eigenvalue weighted by Crippen LogP contribution is 2.16. The number of hydrogen-bond donors (Lipinski definition) is 1. The van der Waals surface area contributed by atoms with Gasteiger partial charge in [-0.3, -0.25) is 4.79 Å². The van der Waals surface area contributed by atoms with E-state index in [-0.39, 0.29) is 24.3 Å². The maximum atomic E-state index is 12.0. The lowest BCUT2D eigenvalue weighted by atomic mass is 10.1. The Balaban J connectivity index is 1.82. The average Bonchev–Trinajstić information content (AvgIpc) is 3.00. The van der Waals surface area contributed by atoms with Crippen molar-refractivity contribution in [3.63, 3.8) is 0 Å². The molecule has 21 heavy (non-hydrogen) atoms. The number of ether oxygens (including phenoxy) is 1. The van der Waals surface area contributed by atoms with E-state index in [1.54, 1.807) is 6.07 Å². The van der Waals surface area contributed by atoms with Gasteiger partial charge in [0.2, 0.25) is 10.0 Å². The lowest BCUT2D eigenvalue weighted by Crippen LogP contribution is -2.47. The Morgan fingerprint density at radius 1 is 1.48 bits per heavy atom. The van der Waals surface area contributed by atoms with Gasteiger partial charge in [0.05, 0.1) is 17.2 Å². The minimum atomic E-state index is -3.24. The van der Waals surface area contributed by atoms with E-state index < -0.39 is 10.0 Å². The lowest BCUT2D eigenvalue weighted by Gasteiger charge is -2.31. The first kappa shape index (κ1) is 16.4. The van der Waals surface area contributed by atoms with E-state index in [1.165, 1.54) is 22.8 Å². The van der Waals surface area contributed by atoms with E-state index in [1.807, 2.05) is 11.4 Å². The summed E-state index contributed by atoms with van der Waals surface area (Å²) in [5, 5.41) is 4.82. The Kier molecular flexibility index (Phi) is 5.74. The second-order valence-electron chi connectivity index (χ2n) is 4.93. The summed E-state index contributed by atoms with van der Waals surface area (Å²) in [7, 11) is -1.75. The molecule has 2 heterocycles. The highest BCUT2D eigenvalue weighted by Gasteiger charge is 2.28. The highest BCUT2D eigenvalue weighted by molar-refractivity contribution is 7.89. The molecule has 0 atom stereocenters. The number of carbonyl (C=O) groups excluding carboxylic acids is 1. The zero-order chi connectivity index (χ0) is 15.3. The third-order valence-electron chi connectivity index (χ3n) is 3.47. The third-order valence-corrected chi connectivity index (χ3v) is 6.18. The monoisotopic (exact) mass is 332 g/mol. The number of carbonyl (C=O) groups is 1. The number of amides is 1. The van der Waals surface area contributed by atoms with Gasteiger partial charge in [-0.2, -0.15) is 0 Å². The van der Waals surface area contributed by atoms with Crippen molar-refractivity contribution in [2.45, 2.75) is 18.9 Å². The zero-order valence-corrected chi connectivity index (χ0v) is 13.6. The smallest absolute Gasteiger partial charge is 0.261 e. The summed E-state index contributed by atoms with van der Waals surface area (Å²) in [6.45, 7) is 1.10. The van der Waals surface area contributed by atoms with Crippen LogP contribution in [0.1, 0.15) is 22.5 Å². The van der Waals surface area contributed by atoms with Crippen molar-refractivity contribution in [3.8, 4) is 0 Å². The number of rotatable bonds is 6. The summed E-state index contributed by atoms with van der Waals surface area (Å²) in [5.41, 5.74) is 0. The number of piperidine rings is 1. The van der Waals surface area contributed by atoms with Crippen LogP contribution in [0.25, 0.3) is 0 Å². The van der Waals surface area contributed by atoms with Gasteiger partial charge >= 0.3 is 0 Å². The minimum Gasteiger partial charge on any atom is -0.384 e. The Hall–Kier alpha value is -0.960. The summed E-state index contributed by atoms with van der Waals surface area (Å²) in [6, 6.07) is 3.66. The fraction of sp³-hybridized carbons (Fsp3) is 0.615. The normalized spacial score (nSPS) is 17.8. The van der Waals surface area contributed by atoms with Crippen molar-refractivity contribution < 1.29 is 17.9 Å². The molecule has 0 bridgehead atoms. The van der Waals surface area contributed by atoms with Gasteiger partial charge in [-0.05, 0) is 24.3 Å². The van der Waals surface area contributed by atoms with E-state index in [0.29, 0.717) is 30.8 Å². The number of methoxy groups -OCH3 is 1. The highest BCUT2D eigenvalue weighted by atomic mass is 32.2. The third kappa shape index (κ3) is 4.50. The summed E-state index contributed by atoms with van der Waals surface area (Å²) in [5.74, 6) is -0.0684. The Morgan fingerprint density at radius 2 is 2.19 bits per heavy atom. The van der Waals surface area contributed by atoms with Crippen molar-refractivity contribution in [1.29, 1.82) is 0 Å². The van der Waals surface area contributed by atoms with Crippen LogP contribution in [-0.4, -0.2) is 57.2 Å². The molecule has 1 aliphatic rings. The predicted octanol–water partition coefficient (Wildman–Crippen LogP) is 0.919. The van der Waals surface area contributed by atoms with Crippen LogP contribution in [0.4, 0.5) is 0 Å². The SMILES string of the molecule is COCCS(=O)(=O)N1CCC(NC(=O)c2cccs2)CC1. The van der Waals surface area contributed by atoms with Gasteiger partial charge in [0.15, 0.2) is 0 Å². The Morgan fingerprint density at radius 3 is 2.76 bits per heavy atom. The van der Waals surface area contributed by atoms with E-state index in [0.717, 1.165) is 0 Å². The van der Waals surface area contributed by atoms with E-state index in [2.05, 4.69) is 5.32 Å². The van der Waals surface area contributed by atoms with E-state index in [9.17, 15) is 13.2 Å². The van der Waals surface area contributed by atoms with Gasteiger partial charge in [0.25, 0.3) is 5.91 Å². The van der Waals surface area contributed by atoms with Crippen molar-refractivity contribution in [1.82, 2.24) is 9.62 Å². The zero-order valence-electron chi connectivity index (χ0n) is 11.9. The van der Waals surface area contributed by atoms with Crippen LogP contribution in [0.5, 0.6) is 0 Å². The molecule has 6 nitrogen and oxygen atoms in total. The molecule has 1 aliphatic heterocycles. The molecule has 1 fully saturated rings. The van der Waals surface area contributed by atoms with Crippen LogP contribution in [0, 0.1) is 0 Å². The molecule has 1 N–H and O–H groups in total. The lowest BCUT2D eigenvalue weighted by molar-refractivity contribution is 0.0928. The van der Waals surface area contributed by atoms with Crippen molar-refractivity contribution >= 4 is 27.3 Å². The van der Waals surface area contributed by atoms with Gasteiger partial charge in [-0.15, -0.1) is 11.3 Å². The first-order chi connectivity index (χ1) is 10.0. The number of nitrogens with zero attached hydrogens (tertiary/aromatic N) is 1. The fourth-order valence-electron chi connectivity index (χ4n) is 2.26. The van der Waals surface area contributed by atoms with Crippen LogP contribution in [-0.2, 0) is 14.8 Å². The molecule has 1 amide bonds. The van der Waals surface area contributed by atoms with Crippen molar-refractivity contribution in [2.75, 3.05) is 32.6 Å². The van der Waals surface area contributed by atoms with Crippen LogP contribution in [0.2, 0.25) is 0 Å². The van der Waals surface area contributed by atoms with Crippen molar-refractivity contribution in [3.05, 3.63) is 22.4 Å². The largest absolute Gasteiger partial charge is 0.384 e. The van der Waals surface area contributed by atoms with E-state index >= 15 is 0 Å². The fourth-order valence-corrected chi connectivity index (χ4v) is 4.29. The van der Waals surface area contributed by atoms with E-state index in [4.69, 9.17) is 4.74 Å². The molecule has 8 heteroatoms. The van der Waals surface area contributed by atoms with Gasteiger partial charge in [-0.1, -0.05) is 6.07 Å². The number of sulfonamides is 1. The standard InChI is InChI=1S/C13H20N2O4S2/c1-19-8-10-21(17,18)15-6-4-11(5-7-15)14-13(16)12-3-2-9-20-12/h2-3,9,11H,4-8,10H2,1H3,(H,14,16). The molecule has 2 rings (SSSR count). The minimum absolute atomic E-state index is 0.00964. The van der Waals surface area contributed by atoms with Crippen LogP contribution >= 0.6 is 11.3 Å². The van der Waals surface area contributed by atoms with Gasteiger partial charge in [0, 0.05) is 26.2 Å². The van der Waals surface area contributed by atoms with Crippen LogP contribution < -0.4 is 5.32 Å². The van der Waals surface area contributed by atoms with Gasteiger partial charge in [0.1, 0.15) is 0 Å². The van der Waals surface area contributed by atoms with Gasteiger partial charge < -0.3 is 10.1 Å². The molecule has 118 valence electrons. The summed E-state index contributed by atoms with van der Waals surface area (Å²) in [6.07, 6.45) is 1.28. The molecule has 0 saturated carbocycles. The number of thiophene rings is 1. The number of hydrogen-bond acceptors (Lipinski definition) is 5. The maximum absolute atomic E-state index is 12.0. The summed E-state index contributed by atoms with van der Waals surface area (Å²) in [4.78, 5) is 12.6. The Labute approximate surface area is 129 Å². The van der Waals surface area contributed by atoms with Crippen LogP contribution in [0.3, 0.4) is 0 Å². The molecule has 1 aromatic rings. The topological polar surface area (TPSA) is 75.7 Å². The van der Waals surface area contributed by atoms with Crippen molar-refractivity contribution in [2.24, 2.45) is 0 Å². The Bertz CT molecular complexity index is 549. The quantitative estimate of drug-likeness (QED) is 0.840. The molecular weight excluding hydrogens is 312 g/mol. The molecule has 0 aromatic carbocycles. The predicted molar refractivity (Wildman–Crippen MR) is 82.0 cm³/mol. The molecule has 0 aliphatic carbocycles. The summed E-state index contributed by atoms with van der Waals surface area (Å²) >= 11 is 1.40. The molecule has 0 spiro atoms. The first-order valence-corrected chi connectivity index (χ1v) is 9.33. The van der Waals surface area contributed by atoms with Gasteiger partial charge in [-0.25, -0.2) is 12.7 Å². The maximum Gasteiger partial charge on any atom is 0.261 e. The average molecular weight is 332 g/mol.